The molecule has 0 aromatic heterocycles. The van der Waals surface area contributed by atoms with E-state index in [1.165, 1.54) is 0 Å². The topological polar surface area (TPSA) is 35.2 Å². The molecule has 2 N–H and O–H groups in total. The lowest BCUT2D eigenvalue weighted by Gasteiger charge is -2.15. The molecule has 1 unspecified atom stereocenters. The Kier molecular flexibility index (Phi) is 5.29. The number of benzene rings is 1. The van der Waals surface area contributed by atoms with Crippen molar-refractivity contribution in [2.75, 3.05) is 5.73 Å². The molecule has 1 rings (SSSR count). The highest BCUT2D eigenvalue weighted by molar-refractivity contribution is 9.10. The van der Waals surface area contributed by atoms with E-state index in [2.05, 4.69) is 36.7 Å². The predicted octanol–water partition coefficient (Wildman–Crippen LogP) is 3.98. The molecule has 0 radical (unpaired) electrons. The van der Waals surface area contributed by atoms with Crippen LogP contribution in [-0.2, 0) is 11.3 Å². The Morgan fingerprint density at radius 2 is 1.94 bits per heavy atom. The average Bonchev–Trinajstić information content (AvgIpc) is 2.12. The standard InChI is InChI=1S/C13H20BrNO/c1-9(2)4-10(3)16-8-11-5-12(14)7-13(15)6-11/h5-7,9-10H,4,8,15H2,1-3H3. The van der Waals surface area contributed by atoms with E-state index in [4.69, 9.17) is 10.5 Å². The molecule has 2 nitrogen and oxygen atoms in total. The summed E-state index contributed by atoms with van der Waals surface area (Å²) >= 11 is 3.42. The van der Waals surface area contributed by atoms with Crippen LogP contribution in [0.5, 0.6) is 0 Å². The Bertz CT molecular complexity index is 318. The normalized spacial score (nSPS) is 13.1. The summed E-state index contributed by atoms with van der Waals surface area (Å²) in [6, 6.07) is 5.88. The first kappa shape index (κ1) is 13.5. The van der Waals surface area contributed by atoms with Gasteiger partial charge in [-0.2, -0.15) is 0 Å². The van der Waals surface area contributed by atoms with Crippen molar-refractivity contribution in [2.24, 2.45) is 5.92 Å². The van der Waals surface area contributed by atoms with Gasteiger partial charge in [-0.25, -0.2) is 0 Å². The third-order valence-corrected chi connectivity index (χ3v) is 2.78. The highest BCUT2D eigenvalue weighted by atomic mass is 79.9. The van der Waals surface area contributed by atoms with Crippen molar-refractivity contribution in [1.29, 1.82) is 0 Å². The van der Waals surface area contributed by atoms with E-state index in [9.17, 15) is 0 Å². The van der Waals surface area contributed by atoms with Crippen molar-refractivity contribution >= 4 is 21.6 Å². The van der Waals surface area contributed by atoms with Crippen LogP contribution >= 0.6 is 15.9 Å². The Labute approximate surface area is 106 Å². The SMILES string of the molecule is CC(C)CC(C)OCc1cc(N)cc(Br)c1. The molecule has 0 aliphatic heterocycles. The van der Waals surface area contributed by atoms with E-state index in [0.717, 1.165) is 22.1 Å². The van der Waals surface area contributed by atoms with E-state index in [1.807, 2.05) is 18.2 Å². The van der Waals surface area contributed by atoms with Gasteiger partial charge in [-0.15, -0.1) is 0 Å². The fourth-order valence-electron chi connectivity index (χ4n) is 1.73. The third kappa shape index (κ3) is 4.99. The molecular weight excluding hydrogens is 266 g/mol. The molecule has 16 heavy (non-hydrogen) atoms. The molecule has 1 aromatic carbocycles. The monoisotopic (exact) mass is 285 g/mol. The van der Waals surface area contributed by atoms with Crippen LogP contribution in [-0.4, -0.2) is 6.10 Å². The lowest BCUT2D eigenvalue weighted by molar-refractivity contribution is 0.0397. The van der Waals surface area contributed by atoms with Crippen LogP contribution in [0.1, 0.15) is 32.8 Å². The summed E-state index contributed by atoms with van der Waals surface area (Å²) in [6.07, 6.45) is 1.38. The molecule has 0 bridgehead atoms. The van der Waals surface area contributed by atoms with Gasteiger partial charge in [0.15, 0.2) is 0 Å². The van der Waals surface area contributed by atoms with E-state index < -0.39 is 0 Å². The Morgan fingerprint density at radius 1 is 1.25 bits per heavy atom. The lowest BCUT2D eigenvalue weighted by Crippen LogP contribution is -2.11. The summed E-state index contributed by atoms with van der Waals surface area (Å²) in [5.41, 5.74) is 7.64. The Balaban J connectivity index is 2.48. The number of nitrogens with two attached hydrogens (primary N) is 1. The van der Waals surface area contributed by atoms with Gasteiger partial charge in [0.05, 0.1) is 12.7 Å². The van der Waals surface area contributed by atoms with Crippen LogP contribution < -0.4 is 5.73 Å². The van der Waals surface area contributed by atoms with Gasteiger partial charge in [-0.1, -0.05) is 29.8 Å². The zero-order valence-corrected chi connectivity index (χ0v) is 11.8. The molecule has 0 saturated heterocycles. The van der Waals surface area contributed by atoms with Crippen molar-refractivity contribution in [2.45, 2.75) is 39.9 Å². The van der Waals surface area contributed by atoms with Crippen molar-refractivity contribution in [3.05, 3.63) is 28.2 Å². The first-order chi connectivity index (χ1) is 7.47. The maximum absolute atomic E-state index is 5.77. The number of hydrogen-bond acceptors (Lipinski definition) is 2. The molecule has 1 atom stereocenters. The summed E-state index contributed by atoms with van der Waals surface area (Å²) in [7, 11) is 0. The van der Waals surface area contributed by atoms with Crippen LogP contribution in [0.3, 0.4) is 0 Å². The number of hydrogen-bond donors (Lipinski definition) is 1. The van der Waals surface area contributed by atoms with Crippen LogP contribution in [0.4, 0.5) is 5.69 Å². The van der Waals surface area contributed by atoms with Crippen molar-refractivity contribution < 1.29 is 4.74 Å². The maximum Gasteiger partial charge on any atom is 0.0721 e. The van der Waals surface area contributed by atoms with Crippen molar-refractivity contribution in [1.82, 2.24) is 0 Å². The minimum Gasteiger partial charge on any atom is -0.399 e. The lowest BCUT2D eigenvalue weighted by atomic mass is 10.1. The van der Waals surface area contributed by atoms with Gasteiger partial charge in [-0.05, 0) is 43.0 Å². The number of rotatable bonds is 5. The largest absolute Gasteiger partial charge is 0.399 e. The number of ether oxygens (including phenoxy) is 1. The number of anilines is 1. The zero-order valence-electron chi connectivity index (χ0n) is 10.2. The van der Waals surface area contributed by atoms with Gasteiger partial charge >= 0.3 is 0 Å². The highest BCUT2D eigenvalue weighted by Gasteiger charge is 2.06. The number of halogens is 1. The summed E-state index contributed by atoms with van der Waals surface area (Å²) in [6.45, 7) is 7.15. The second-order valence-corrected chi connectivity index (χ2v) is 5.56. The Hall–Kier alpha value is -0.540. The zero-order chi connectivity index (χ0) is 12.1. The fourth-order valence-corrected chi connectivity index (χ4v) is 2.29. The molecule has 0 heterocycles. The van der Waals surface area contributed by atoms with Crippen LogP contribution in [0.25, 0.3) is 0 Å². The summed E-state index contributed by atoms with van der Waals surface area (Å²) < 4.78 is 6.77. The molecule has 3 heteroatoms. The van der Waals surface area contributed by atoms with Gasteiger partial charge in [0.2, 0.25) is 0 Å². The van der Waals surface area contributed by atoms with Crippen molar-refractivity contribution in [3.63, 3.8) is 0 Å². The highest BCUT2D eigenvalue weighted by Crippen LogP contribution is 2.19. The first-order valence-electron chi connectivity index (χ1n) is 5.64. The molecule has 0 amide bonds. The van der Waals surface area contributed by atoms with E-state index in [0.29, 0.717) is 18.6 Å². The molecule has 0 aliphatic carbocycles. The van der Waals surface area contributed by atoms with E-state index in [-0.39, 0.29) is 0 Å². The average molecular weight is 286 g/mol. The fraction of sp³-hybridized carbons (Fsp3) is 0.538. The quantitative estimate of drug-likeness (QED) is 0.831. The maximum atomic E-state index is 5.77. The minimum atomic E-state index is 0.292. The van der Waals surface area contributed by atoms with Gasteiger partial charge in [0.1, 0.15) is 0 Å². The molecule has 0 aliphatic rings. The second kappa shape index (κ2) is 6.26. The van der Waals surface area contributed by atoms with E-state index >= 15 is 0 Å². The molecule has 90 valence electrons. The number of nitrogen functional groups attached to an aromatic ring is 1. The van der Waals surface area contributed by atoms with Gasteiger partial charge in [0.25, 0.3) is 0 Å². The van der Waals surface area contributed by atoms with Crippen LogP contribution in [0, 0.1) is 5.92 Å². The van der Waals surface area contributed by atoms with Crippen LogP contribution in [0.15, 0.2) is 22.7 Å². The van der Waals surface area contributed by atoms with Crippen LogP contribution in [0.2, 0.25) is 0 Å². The van der Waals surface area contributed by atoms with Gasteiger partial charge in [0, 0.05) is 10.2 Å². The molecular formula is C13H20BrNO. The van der Waals surface area contributed by atoms with Gasteiger partial charge < -0.3 is 10.5 Å². The predicted molar refractivity (Wildman–Crippen MR) is 72.3 cm³/mol. The second-order valence-electron chi connectivity index (χ2n) is 4.64. The summed E-state index contributed by atoms with van der Waals surface area (Å²) in [5.74, 6) is 0.669. The molecule has 0 spiro atoms. The summed E-state index contributed by atoms with van der Waals surface area (Å²) in [4.78, 5) is 0. The minimum absolute atomic E-state index is 0.292. The first-order valence-corrected chi connectivity index (χ1v) is 6.43. The summed E-state index contributed by atoms with van der Waals surface area (Å²) in [5, 5.41) is 0. The Morgan fingerprint density at radius 3 is 2.50 bits per heavy atom. The third-order valence-electron chi connectivity index (χ3n) is 2.32. The molecule has 0 saturated carbocycles. The van der Waals surface area contributed by atoms with E-state index in [1.54, 1.807) is 0 Å². The molecule has 1 aromatic rings. The van der Waals surface area contributed by atoms with Crippen molar-refractivity contribution in [3.8, 4) is 0 Å². The smallest absolute Gasteiger partial charge is 0.0721 e. The van der Waals surface area contributed by atoms with Gasteiger partial charge in [-0.3, -0.25) is 0 Å². The molecule has 0 fully saturated rings.